The molecule has 3 N–H and O–H groups in total. The van der Waals surface area contributed by atoms with Gasteiger partial charge in [-0.15, -0.1) is 0 Å². The molecule has 28 heavy (non-hydrogen) atoms. The van der Waals surface area contributed by atoms with Crippen LogP contribution in [0, 0.1) is 0 Å². The van der Waals surface area contributed by atoms with Crippen LogP contribution in [-0.2, 0) is 4.74 Å². The second-order valence-corrected chi connectivity index (χ2v) is 6.67. The zero-order chi connectivity index (χ0) is 19.9. The van der Waals surface area contributed by atoms with Crippen molar-refractivity contribution in [2.45, 2.75) is 0 Å². The Hall–Kier alpha value is -2.93. The van der Waals surface area contributed by atoms with Crippen LogP contribution in [0.2, 0.25) is 0 Å². The number of nitrogens with two attached hydrogens (primary N) is 1. The van der Waals surface area contributed by atoms with E-state index in [4.69, 9.17) is 15.2 Å². The number of carbonyl (C=O) groups excluding carboxylic acids is 1. The zero-order valence-electron chi connectivity index (χ0n) is 16.5. The Morgan fingerprint density at radius 1 is 1.04 bits per heavy atom. The molecule has 0 aromatic heterocycles. The van der Waals surface area contributed by atoms with Gasteiger partial charge < -0.3 is 30.3 Å². The normalized spacial score (nSPS) is 14.1. The Bertz CT molecular complexity index is 804. The van der Waals surface area contributed by atoms with Gasteiger partial charge in [-0.25, -0.2) is 0 Å². The smallest absolute Gasteiger partial charge is 0.253 e. The lowest BCUT2D eigenvalue weighted by Gasteiger charge is -2.38. The lowest BCUT2D eigenvalue weighted by Crippen LogP contribution is -2.47. The first-order chi connectivity index (χ1) is 13.6. The third kappa shape index (κ3) is 4.48. The maximum absolute atomic E-state index is 12.6. The molecule has 1 saturated heterocycles. The number of hydrogen-bond donors (Lipinski definition) is 2. The van der Waals surface area contributed by atoms with Crippen LogP contribution >= 0.6 is 0 Å². The third-order valence-electron chi connectivity index (χ3n) is 4.90. The van der Waals surface area contributed by atoms with Gasteiger partial charge in [0.2, 0.25) is 0 Å². The van der Waals surface area contributed by atoms with Crippen LogP contribution in [0.5, 0.6) is 5.75 Å². The molecule has 1 fully saturated rings. The van der Waals surface area contributed by atoms with Crippen LogP contribution in [0.15, 0.2) is 42.5 Å². The van der Waals surface area contributed by atoms with Crippen LogP contribution in [0.25, 0.3) is 0 Å². The van der Waals surface area contributed by atoms with E-state index in [1.165, 1.54) is 0 Å². The zero-order valence-corrected chi connectivity index (χ0v) is 16.5. The number of methoxy groups -OCH3 is 2. The minimum absolute atomic E-state index is 0.133. The van der Waals surface area contributed by atoms with E-state index in [0.717, 1.165) is 43.3 Å². The average Bonchev–Trinajstić information content (AvgIpc) is 2.74. The summed E-state index contributed by atoms with van der Waals surface area (Å²) in [6, 6.07) is 13.6. The minimum Gasteiger partial charge on any atom is -0.495 e. The Balaban J connectivity index is 1.72. The molecule has 0 radical (unpaired) electrons. The molecule has 1 amide bonds. The Kier molecular flexibility index (Phi) is 6.60. The monoisotopic (exact) mass is 384 g/mol. The number of anilines is 3. The van der Waals surface area contributed by atoms with Crippen LogP contribution in [0.4, 0.5) is 17.1 Å². The van der Waals surface area contributed by atoms with Crippen LogP contribution in [0.1, 0.15) is 10.4 Å². The second kappa shape index (κ2) is 9.32. The molecule has 0 spiro atoms. The van der Waals surface area contributed by atoms with Crippen molar-refractivity contribution in [3.05, 3.63) is 48.0 Å². The molecular formula is C21H28N4O3. The molecule has 2 aromatic carbocycles. The molecule has 7 nitrogen and oxygen atoms in total. The van der Waals surface area contributed by atoms with Crippen molar-refractivity contribution in [2.24, 2.45) is 0 Å². The van der Waals surface area contributed by atoms with Crippen molar-refractivity contribution in [1.82, 2.24) is 5.32 Å². The Morgan fingerprint density at radius 2 is 1.71 bits per heavy atom. The summed E-state index contributed by atoms with van der Waals surface area (Å²) in [5.41, 5.74) is 9.11. The van der Waals surface area contributed by atoms with E-state index in [9.17, 15) is 4.79 Å². The number of amides is 1. The van der Waals surface area contributed by atoms with E-state index in [0.29, 0.717) is 24.4 Å². The van der Waals surface area contributed by atoms with E-state index >= 15 is 0 Å². The third-order valence-corrected chi connectivity index (χ3v) is 4.90. The van der Waals surface area contributed by atoms with Crippen molar-refractivity contribution in [1.29, 1.82) is 0 Å². The second-order valence-electron chi connectivity index (χ2n) is 6.67. The van der Waals surface area contributed by atoms with E-state index in [1.54, 1.807) is 20.3 Å². The predicted molar refractivity (Wildman–Crippen MR) is 112 cm³/mol. The van der Waals surface area contributed by atoms with Crippen molar-refractivity contribution >= 4 is 23.0 Å². The van der Waals surface area contributed by atoms with Crippen molar-refractivity contribution in [3.8, 4) is 5.75 Å². The molecule has 0 bridgehead atoms. The van der Waals surface area contributed by atoms with Crippen molar-refractivity contribution in [3.63, 3.8) is 0 Å². The fraction of sp³-hybridized carbons (Fsp3) is 0.381. The van der Waals surface area contributed by atoms with E-state index in [2.05, 4.69) is 21.2 Å². The standard InChI is InChI=1S/C21H28N4O3/c1-27-14-9-23-21(26)17-15-16(22)7-8-18(17)24-10-12-25(13-11-24)19-5-3-4-6-20(19)28-2/h3-8,15H,9-14,22H2,1-2H3,(H,23,26). The van der Waals surface area contributed by atoms with Gasteiger partial charge in [0, 0.05) is 51.2 Å². The van der Waals surface area contributed by atoms with E-state index in [-0.39, 0.29) is 5.91 Å². The summed E-state index contributed by atoms with van der Waals surface area (Å²) >= 11 is 0. The summed E-state index contributed by atoms with van der Waals surface area (Å²) in [4.78, 5) is 17.2. The van der Waals surface area contributed by atoms with Crippen molar-refractivity contribution < 1.29 is 14.3 Å². The van der Waals surface area contributed by atoms with Gasteiger partial charge in [-0.05, 0) is 30.3 Å². The van der Waals surface area contributed by atoms with E-state index < -0.39 is 0 Å². The first-order valence-electron chi connectivity index (χ1n) is 9.43. The number of benzene rings is 2. The average molecular weight is 384 g/mol. The topological polar surface area (TPSA) is 80.1 Å². The first-order valence-corrected chi connectivity index (χ1v) is 9.43. The molecule has 0 atom stereocenters. The highest BCUT2D eigenvalue weighted by Gasteiger charge is 2.23. The van der Waals surface area contributed by atoms with E-state index in [1.807, 2.05) is 30.3 Å². The summed E-state index contributed by atoms with van der Waals surface area (Å²) in [6.07, 6.45) is 0. The lowest BCUT2D eigenvalue weighted by molar-refractivity contribution is 0.0937. The molecule has 3 rings (SSSR count). The molecule has 0 unspecified atom stereocenters. The minimum atomic E-state index is -0.133. The molecule has 1 aliphatic heterocycles. The van der Waals surface area contributed by atoms with Gasteiger partial charge in [0.15, 0.2) is 0 Å². The van der Waals surface area contributed by atoms with Gasteiger partial charge >= 0.3 is 0 Å². The number of hydrogen-bond acceptors (Lipinski definition) is 6. The summed E-state index contributed by atoms with van der Waals surface area (Å²) in [5, 5.41) is 2.88. The van der Waals surface area contributed by atoms with Crippen LogP contribution in [0.3, 0.4) is 0 Å². The predicted octanol–water partition coefficient (Wildman–Crippen LogP) is 1.98. The van der Waals surface area contributed by atoms with Gasteiger partial charge in [0.05, 0.1) is 25.0 Å². The summed E-state index contributed by atoms with van der Waals surface area (Å²) in [6.45, 7) is 4.23. The SMILES string of the molecule is COCCNC(=O)c1cc(N)ccc1N1CCN(c2ccccc2OC)CC1. The van der Waals surface area contributed by atoms with Gasteiger partial charge in [-0.2, -0.15) is 0 Å². The molecule has 0 saturated carbocycles. The summed E-state index contributed by atoms with van der Waals surface area (Å²) in [7, 11) is 3.30. The molecule has 7 heteroatoms. The number of nitrogen functional groups attached to an aromatic ring is 1. The quantitative estimate of drug-likeness (QED) is 0.561. The molecular weight excluding hydrogens is 356 g/mol. The Labute approximate surface area is 166 Å². The number of para-hydroxylation sites is 2. The van der Waals surface area contributed by atoms with Gasteiger partial charge in [-0.1, -0.05) is 12.1 Å². The highest BCUT2D eigenvalue weighted by atomic mass is 16.5. The molecule has 0 aliphatic carbocycles. The largest absolute Gasteiger partial charge is 0.495 e. The molecule has 2 aromatic rings. The number of nitrogens with zero attached hydrogens (tertiary/aromatic N) is 2. The lowest BCUT2D eigenvalue weighted by atomic mass is 10.1. The molecule has 1 heterocycles. The van der Waals surface area contributed by atoms with Crippen LogP contribution < -0.4 is 25.6 Å². The van der Waals surface area contributed by atoms with Gasteiger partial charge in [-0.3, -0.25) is 4.79 Å². The summed E-state index contributed by atoms with van der Waals surface area (Å²) < 4.78 is 10.5. The maximum Gasteiger partial charge on any atom is 0.253 e. The summed E-state index contributed by atoms with van der Waals surface area (Å²) in [5.74, 6) is 0.744. The highest BCUT2D eigenvalue weighted by molar-refractivity contribution is 6.00. The van der Waals surface area contributed by atoms with Crippen LogP contribution in [-0.4, -0.2) is 59.5 Å². The fourth-order valence-electron chi connectivity index (χ4n) is 3.45. The Morgan fingerprint density at radius 3 is 2.39 bits per heavy atom. The number of rotatable bonds is 7. The number of ether oxygens (including phenoxy) is 2. The molecule has 1 aliphatic rings. The highest BCUT2D eigenvalue weighted by Crippen LogP contribution is 2.30. The molecule has 150 valence electrons. The first kappa shape index (κ1) is 19.8. The number of carbonyl (C=O) groups is 1. The number of nitrogens with one attached hydrogen (secondary N) is 1. The van der Waals surface area contributed by atoms with Crippen molar-refractivity contribution in [2.75, 3.05) is 69.1 Å². The van der Waals surface area contributed by atoms with Gasteiger partial charge in [0.1, 0.15) is 5.75 Å². The fourth-order valence-corrected chi connectivity index (χ4v) is 3.45. The maximum atomic E-state index is 12.6. The number of piperazine rings is 1. The van der Waals surface area contributed by atoms with Gasteiger partial charge in [0.25, 0.3) is 5.91 Å².